The minimum atomic E-state index is -0.228. The van der Waals surface area contributed by atoms with E-state index in [1.165, 1.54) is 12.1 Å². The lowest BCUT2D eigenvalue weighted by atomic mass is 10.2. The SMILES string of the molecule is CCc1nncn1CCNC(=NCCCOC)N(C)Cc1ccc(F)cc1. The monoisotopic (exact) mass is 376 g/mol. The van der Waals surface area contributed by atoms with E-state index in [1.54, 1.807) is 25.6 Å². The summed E-state index contributed by atoms with van der Waals surface area (Å²) < 4.78 is 20.2. The number of hydrogen-bond acceptors (Lipinski definition) is 4. The molecule has 1 N–H and O–H groups in total. The number of nitrogens with zero attached hydrogens (tertiary/aromatic N) is 5. The van der Waals surface area contributed by atoms with Gasteiger partial charge in [-0.05, 0) is 24.1 Å². The van der Waals surface area contributed by atoms with Gasteiger partial charge < -0.3 is 19.5 Å². The van der Waals surface area contributed by atoms with E-state index in [-0.39, 0.29) is 5.82 Å². The van der Waals surface area contributed by atoms with E-state index in [0.29, 0.717) is 26.2 Å². The predicted octanol–water partition coefficient (Wildman–Crippen LogP) is 2.09. The van der Waals surface area contributed by atoms with Crippen molar-refractivity contribution >= 4 is 5.96 Å². The second-order valence-electron chi connectivity index (χ2n) is 6.26. The molecule has 0 amide bonds. The van der Waals surface area contributed by atoms with E-state index < -0.39 is 0 Å². The highest BCUT2D eigenvalue weighted by molar-refractivity contribution is 5.79. The fourth-order valence-electron chi connectivity index (χ4n) is 2.67. The maximum Gasteiger partial charge on any atom is 0.194 e. The second-order valence-corrected chi connectivity index (χ2v) is 6.26. The molecule has 0 saturated heterocycles. The van der Waals surface area contributed by atoms with E-state index >= 15 is 0 Å². The van der Waals surface area contributed by atoms with Gasteiger partial charge in [-0.15, -0.1) is 10.2 Å². The van der Waals surface area contributed by atoms with Crippen LogP contribution in [0.2, 0.25) is 0 Å². The molecule has 2 rings (SSSR count). The van der Waals surface area contributed by atoms with Crippen molar-refractivity contribution in [3.63, 3.8) is 0 Å². The average molecular weight is 376 g/mol. The lowest BCUT2D eigenvalue weighted by Gasteiger charge is -2.23. The van der Waals surface area contributed by atoms with Crippen LogP contribution in [0.15, 0.2) is 35.6 Å². The molecule has 1 aromatic heterocycles. The standard InChI is InChI=1S/C19H29FN6O/c1-4-18-24-23-15-26(18)12-11-22-19(21-10-5-13-27-3)25(2)14-16-6-8-17(20)9-7-16/h6-9,15H,4-5,10-14H2,1-3H3,(H,21,22). The minimum Gasteiger partial charge on any atom is -0.385 e. The largest absolute Gasteiger partial charge is 0.385 e. The summed E-state index contributed by atoms with van der Waals surface area (Å²) in [5, 5.41) is 11.5. The summed E-state index contributed by atoms with van der Waals surface area (Å²) in [7, 11) is 3.66. The Bertz CT molecular complexity index is 700. The molecule has 0 radical (unpaired) electrons. The molecular formula is C19H29FN6O. The van der Waals surface area contributed by atoms with Crippen LogP contribution in [0.25, 0.3) is 0 Å². The van der Waals surface area contributed by atoms with Crippen molar-refractivity contribution in [1.82, 2.24) is 25.0 Å². The van der Waals surface area contributed by atoms with E-state index in [4.69, 9.17) is 4.74 Å². The Morgan fingerprint density at radius 1 is 1.33 bits per heavy atom. The number of aliphatic imine (C=N–C) groups is 1. The second kappa shape index (κ2) is 11.3. The lowest BCUT2D eigenvalue weighted by molar-refractivity contribution is 0.197. The number of nitrogens with one attached hydrogen (secondary N) is 1. The number of hydrogen-bond donors (Lipinski definition) is 1. The highest BCUT2D eigenvalue weighted by atomic mass is 19.1. The molecule has 0 spiro atoms. The third-order valence-corrected chi connectivity index (χ3v) is 4.11. The first kappa shape index (κ1) is 20.8. The van der Waals surface area contributed by atoms with Crippen LogP contribution in [0, 0.1) is 5.82 Å². The van der Waals surface area contributed by atoms with Gasteiger partial charge in [-0.2, -0.15) is 0 Å². The molecule has 0 unspecified atom stereocenters. The topological polar surface area (TPSA) is 67.6 Å². The van der Waals surface area contributed by atoms with Gasteiger partial charge in [0.2, 0.25) is 0 Å². The highest BCUT2D eigenvalue weighted by Gasteiger charge is 2.08. The van der Waals surface area contributed by atoms with Crippen molar-refractivity contribution in [3.8, 4) is 0 Å². The van der Waals surface area contributed by atoms with Crippen molar-refractivity contribution in [3.05, 3.63) is 47.8 Å². The summed E-state index contributed by atoms with van der Waals surface area (Å²) >= 11 is 0. The summed E-state index contributed by atoms with van der Waals surface area (Å²) in [6.45, 7) is 5.53. The van der Waals surface area contributed by atoms with Crippen molar-refractivity contribution in [2.24, 2.45) is 4.99 Å². The summed E-state index contributed by atoms with van der Waals surface area (Å²) in [6, 6.07) is 6.53. The lowest BCUT2D eigenvalue weighted by Crippen LogP contribution is -2.40. The average Bonchev–Trinajstić information content (AvgIpc) is 3.13. The normalized spacial score (nSPS) is 11.6. The smallest absolute Gasteiger partial charge is 0.194 e. The van der Waals surface area contributed by atoms with Gasteiger partial charge in [0.15, 0.2) is 5.96 Å². The van der Waals surface area contributed by atoms with Crippen molar-refractivity contribution in [2.75, 3.05) is 33.9 Å². The number of aryl methyl sites for hydroxylation is 1. The Kier molecular flexibility index (Phi) is 8.70. The first-order valence-electron chi connectivity index (χ1n) is 9.23. The van der Waals surface area contributed by atoms with Crippen LogP contribution < -0.4 is 5.32 Å². The summed E-state index contributed by atoms with van der Waals surface area (Å²) in [6.07, 6.45) is 3.46. The Hall–Kier alpha value is -2.48. The molecule has 0 aliphatic carbocycles. The fourth-order valence-corrected chi connectivity index (χ4v) is 2.67. The fraction of sp³-hybridized carbons (Fsp3) is 0.526. The van der Waals surface area contributed by atoms with Gasteiger partial charge in [0, 0.05) is 53.4 Å². The molecule has 0 aliphatic heterocycles. The van der Waals surface area contributed by atoms with Crippen molar-refractivity contribution in [1.29, 1.82) is 0 Å². The van der Waals surface area contributed by atoms with E-state index in [0.717, 1.165) is 36.7 Å². The molecule has 7 nitrogen and oxygen atoms in total. The zero-order valence-electron chi connectivity index (χ0n) is 16.4. The molecule has 0 bridgehead atoms. The van der Waals surface area contributed by atoms with E-state index in [9.17, 15) is 4.39 Å². The molecular weight excluding hydrogens is 347 g/mol. The Morgan fingerprint density at radius 2 is 2.11 bits per heavy atom. The molecule has 0 saturated carbocycles. The quantitative estimate of drug-likeness (QED) is 0.391. The molecule has 148 valence electrons. The van der Waals surface area contributed by atoms with Gasteiger partial charge in [0.25, 0.3) is 0 Å². The molecule has 27 heavy (non-hydrogen) atoms. The number of halogens is 1. The molecule has 0 aliphatic rings. The number of guanidine groups is 1. The first-order chi connectivity index (χ1) is 13.1. The number of aromatic nitrogens is 3. The predicted molar refractivity (Wildman–Crippen MR) is 104 cm³/mol. The van der Waals surface area contributed by atoms with Gasteiger partial charge in [-0.25, -0.2) is 4.39 Å². The first-order valence-corrected chi connectivity index (χ1v) is 9.23. The summed E-state index contributed by atoms with van der Waals surface area (Å²) in [5.74, 6) is 1.55. The van der Waals surface area contributed by atoms with Crippen LogP contribution in [-0.2, 0) is 24.2 Å². The Morgan fingerprint density at radius 3 is 2.81 bits per heavy atom. The van der Waals surface area contributed by atoms with Gasteiger partial charge in [0.1, 0.15) is 18.0 Å². The Balaban J connectivity index is 1.95. The molecule has 0 atom stereocenters. The third kappa shape index (κ3) is 6.97. The summed E-state index contributed by atoms with van der Waals surface area (Å²) in [5.41, 5.74) is 1.03. The zero-order chi connectivity index (χ0) is 19.5. The van der Waals surface area contributed by atoms with Crippen LogP contribution in [0.5, 0.6) is 0 Å². The van der Waals surface area contributed by atoms with Gasteiger partial charge >= 0.3 is 0 Å². The van der Waals surface area contributed by atoms with Gasteiger partial charge in [-0.3, -0.25) is 4.99 Å². The minimum absolute atomic E-state index is 0.228. The van der Waals surface area contributed by atoms with Crippen LogP contribution >= 0.6 is 0 Å². The number of methoxy groups -OCH3 is 1. The third-order valence-electron chi connectivity index (χ3n) is 4.11. The van der Waals surface area contributed by atoms with Crippen LogP contribution in [0.4, 0.5) is 4.39 Å². The Labute approximate surface area is 160 Å². The van der Waals surface area contributed by atoms with E-state index in [1.807, 2.05) is 16.5 Å². The van der Waals surface area contributed by atoms with Crippen molar-refractivity contribution in [2.45, 2.75) is 32.9 Å². The van der Waals surface area contributed by atoms with Gasteiger partial charge in [-0.1, -0.05) is 19.1 Å². The number of benzene rings is 1. The van der Waals surface area contributed by atoms with Crippen molar-refractivity contribution < 1.29 is 9.13 Å². The number of ether oxygens (including phenoxy) is 1. The molecule has 1 heterocycles. The van der Waals surface area contributed by atoms with Gasteiger partial charge in [0.05, 0.1) is 0 Å². The van der Waals surface area contributed by atoms with Crippen LogP contribution in [0.1, 0.15) is 24.7 Å². The maximum absolute atomic E-state index is 13.1. The molecule has 0 fully saturated rings. The molecule has 1 aromatic carbocycles. The molecule has 8 heteroatoms. The zero-order valence-corrected chi connectivity index (χ0v) is 16.4. The van der Waals surface area contributed by atoms with Crippen LogP contribution in [-0.4, -0.2) is 59.5 Å². The van der Waals surface area contributed by atoms with Crippen LogP contribution in [0.3, 0.4) is 0 Å². The maximum atomic E-state index is 13.1. The highest BCUT2D eigenvalue weighted by Crippen LogP contribution is 2.06. The summed E-state index contributed by atoms with van der Waals surface area (Å²) in [4.78, 5) is 6.71. The molecule has 2 aromatic rings. The van der Waals surface area contributed by atoms with E-state index in [2.05, 4.69) is 27.4 Å². The number of rotatable bonds is 10.